The maximum absolute atomic E-state index is 5.68. The third-order valence-electron chi connectivity index (χ3n) is 5.00. The van der Waals surface area contributed by atoms with E-state index in [1.165, 1.54) is 5.56 Å². The molecule has 0 aliphatic carbocycles. The molecule has 0 radical (unpaired) electrons. The number of rotatable bonds is 10. The first-order valence-corrected chi connectivity index (χ1v) is 9.30. The first-order valence-electron chi connectivity index (χ1n) is 9.30. The molecule has 1 aromatic rings. The van der Waals surface area contributed by atoms with Gasteiger partial charge in [-0.15, -0.1) is 6.58 Å². The number of hydrazone groups is 1. The van der Waals surface area contributed by atoms with Gasteiger partial charge in [-0.05, 0) is 36.7 Å². The van der Waals surface area contributed by atoms with E-state index in [1.807, 2.05) is 12.3 Å². The molecule has 2 aliphatic rings. The molecule has 3 rings (SSSR count). The number of allylic oxidation sites excluding steroid dienone is 3. The number of hydrogen-bond donors (Lipinski definition) is 0. The highest BCUT2D eigenvalue weighted by Gasteiger charge is 2.44. The minimum absolute atomic E-state index is 0.120. The molecule has 2 fully saturated rings. The molecule has 3 heteroatoms. The summed E-state index contributed by atoms with van der Waals surface area (Å²) in [6.07, 6.45) is 12.8. The molecule has 0 N–H and O–H groups in total. The molecule has 3 nitrogen and oxygen atoms in total. The van der Waals surface area contributed by atoms with Gasteiger partial charge in [0.1, 0.15) is 5.60 Å². The predicted molar refractivity (Wildman–Crippen MR) is 105 cm³/mol. The Hall–Kier alpha value is -1.87. The van der Waals surface area contributed by atoms with Gasteiger partial charge < -0.3 is 4.74 Å². The Bertz CT molecular complexity index is 629. The van der Waals surface area contributed by atoms with Crippen LogP contribution in [0.15, 0.2) is 60.2 Å². The van der Waals surface area contributed by atoms with Crippen molar-refractivity contribution < 1.29 is 4.74 Å². The lowest BCUT2D eigenvalue weighted by Crippen LogP contribution is -2.13. The van der Waals surface area contributed by atoms with Crippen molar-refractivity contribution in [2.75, 3.05) is 13.2 Å². The molecular formula is C22H30N2O. The first kappa shape index (κ1) is 17.9. The third-order valence-corrected chi connectivity index (χ3v) is 5.00. The monoisotopic (exact) mass is 338 g/mol. The van der Waals surface area contributed by atoms with Crippen molar-refractivity contribution >= 4 is 6.21 Å². The fourth-order valence-electron chi connectivity index (χ4n) is 3.09. The largest absolute Gasteiger partial charge is 0.363 e. The summed E-state index contributed by atoms with van der Waals surface area (Å²) in [4.78, 5) is 0. The van der Waals surface area contributed by atoms with Crippen molar-refractivity contribution in [3.05, 3.63) is 60.7 Å². The summed E-state index contributed by atoms with van der Waals surface area (Å²) in [5, 5.41) is 6.77. The Kier molecular flexibility index (Phi) is 5.43. The van der Waals surface area contributed by atoms with Gasteiger partial charge in [0.25, 0.3) is 0 Å². The van der Waals surface area contributed by atoms with E-state index in [0.29, 0.717) is 11.5 Å². The van der Waals surface area contributed by atoms with Gasteiger partial charge in [0.15, 0.2) is 0 Å². The normalized spacial score (nSPS) is 25.7. The van der Waals surface area contributed by atoms with Crippen LogP contribution in [-0.2, 0) is 4.74 Å². The van der Waals surface area contributed by atoms with Crippen LogP contribution < -0.4 is 0 Å². The molecule has 2 unspecified atom stereocenters. The molecule has 134 valence electrons. The number of epoxide rings is 1. The topological polar surface area (TPSA) is 27.9 Å². The summed E-state index contributed by atoms with van der Waals surface area (Å²) in [6.45, 7) is 10.2. The lowest BCUT2D eigenvalue weighted by atomic mass is 9.85. The SMILES string of the molecule is C=CCC(C)(C)C/C=C\CCC1(/C=N\N2CC2c2ccccc2)CO1. The molecule has 2 heterocycles. The Balaban J connectivity index is 1.40. The van der Waals surface area contributed by atoms with Crippen molar-refractivity contribution in [3.63, 3.8) is 0 Å². The molecule has 2 saturated heterocycles. The van der Waals surface area contributed by atoms with Crippen LogP contribution in [0.1, 0.15) is 51.1 Å². The summed E-state index contributed by atoms with van der Waals surface area (Å²) >= 11 is 0. The second-order valence-electron chi connectivity index (χ2n) is 8.02. The van der Waals surface area contributed by atoms with Gasteiger partial charge in [-0.25, -0.2) is 0 Å². The van der Waals surface area contributed by atoms with Crippen LogP contribution in [0, 0.1) is 5.41 Å². The molecule has 0 saturated carbocycles. The van der Waals surface area contributed by atoms with Crippen molar-refractivity contribution in [2.24, 2.45) is 10.5 Å². The second-order valence-corrected chi connectivity index (χ2v) is 8.02. The molecule has 0 spiro atoms. The fourth-order valence-corrected chi connectivity index (χ4v) is 3.09. The average Bonchev–Trinajstić information content (AvgIpc) is 3.49. The molecule has 1 aromatic carbocycles. The number of benzene rings is 1. The van der Waals surface area contributed by atoms with Crippen LogP contribution in [-0.4, -0.2) is 30.0 Å². The molecule has 25 heavy (non-hydrogen) atoms. The van der Waals surface area contributed by atoms with Crippen molar-refractivity contribution in [3.8, 4) is 0 Å². The summed E-state index contributed by atoms with van der Waals surface area (Å²) in [7, 11) is 0. The predicted octanol–water partition coefficient (Wildman–Crippen LogP) is 5.13. The lowest BCUT2D eigenvalue weighted by Gasteiger charge is -2.20. The maximum atomic E-state index is 5.68. The quantitative estimate of drug-likeness (QED) is 0.336. The average molecular weight is 338 g/mol. The van der Waals surface area contributed by atoms with Crippen LogP contribution in [0.3, 0.4) is 0 Å². The Morgan fingerprint density at radius 1 is 1.28 bits per heavy atom. The van der Waals surface area contributed by atoms with E-state index in [1.54, 1.807) is 0 Å². The van der Waals surface area contributed by atoms with Gasteiger partial charge in [-0.2, -0.15) is 5.10 Å². The van der Waals surface area contributed by atoms with E-state index in [9.17, 15) is 0 Å². The zero-order valence-electron chi connectivity index (χ0n) is 15.5. The fraction of sp³-hybridized carbons (Fsp3) is 0.500. The standard InChI is InChI=1S/C22H30N2O/c1-4-13-21(2,3)14-9-6-10-15-22(18-25-22)17-23-24-16-20(24)19-11-7-5-8-12-19/h4-9,11-12,17,20H,1,10,13-16,18H2,2-3H3/b9-6-,23-17-. The molecule has 0 aromatic heterocycles. The summed E-state index contributed by atoms with van der Waals surface area (Å²) in [5.74, 6) is 0. The maximum Gasteiger partial charge on any atom is 0.129 e. The van der Waals surface area contributed by atoms with E-state index in [2.05, 4.69) is 73.0 Å². The number of nitrogens with zero attached hydrogens (tertiary/aromatic N) is 2. The Labute approximate surface area is 152 Å². The van der Waals surface area contributed by atoms with E-state index in [0.717, 1.165) is 38.8 Å². The third kappa shape index (κ3) is 5.30. The summed E-state index contributed by atoms with van der Waals surface area (Å²) in [6, 6.07) is 11.0. The van der Waals surface area contributed by atoms with E-state index < -0.39 is 0 Å². The Morgan fingerprint density at radius 3 is 2.72 bits per heavy atom. The zero-order valence-corrected chi connectivity index (χ0v) is 15.5. The minimum Gasteiger partial charge on any atom is -0.363 e. The van der Waals surface area contributed by atoms with Crippen molar-refractivity contribution in [2.45, 2.75) is 51.2 Å². The van der Waals surface area contributed by atoms with Crippen LogP contribution in [0.2, 0.25) is 0 Å². The smallest absolute Gasteiger partial charge is 0.129 e. The second kappa shape index (κ2) is 7.57. The van der Waals surface area contributed by atoms with Crippen molar-refractivity contribution in [1.29, 1.82) is 0 Å². The molecule has 2 aliphatic heterocycles. The van der Waals surface area contributed by atoms with Crippen molar-refractivity contribution in [1.82, 2.24) is 5.01 Å². The van der Waals surface area contributed by atoms with Gasteiger partial charge in [0, 0.05) is 0 Å². The van der Waals surface area contributed by atoms with Gasteiger partial charge in [0.05, 0.1) is 25.4 Å². The summed E-state index contributed by atoms with van der Waals surface area (Å²) in [5.41, 5.74) is 1.53. The minimum atomic E-state index is -0.120. The van der Waals surface area contributed by atoms with E-state index >= 15 is 0 Å². The molecule has 2 atom stereocenters. The zero-order chi connectivity index (χ0) is 17.8. The van der Waals surface area contributed by atoms with Crippen LogP contribution in [0.4, 0.5) is 0 Å². The van der Waals surface area contributed by atoms with E-state index in [4.69, 9.17) is 4.74 Å². The van der Waals surface area contributed by atoms with Crippen LogP contribution >= 0.6 is 0 Å². The lowest BCUT2D eigenvalue weighted by molar-refractivity contribution is 0.355. The molecule has 0 amide bonds. The Morgan fingerprint density at radius 2 is 2.04 bits per heavy atom. The van der Waals surface area contributed by atoms with E-state index in [-0.39, 0.29) is 5.60 Å². The van der Waals surface area contributed by atoms with Crippen LogP contribution in [0.5, 0.6) is 0 Å². The number of ether oxygens (including phenoxy) is 1. The number of hydrogen-bond acceptors (Lipinski definition) is 3. The van der Waals surface area contributed by atoms with Gasteiger partial charge in [-0.3, -0.25) is 5.01 Å². The summed E-state index contributed by atoms with van der Waals surface area (Å²) < 4.78 is 5.68. The van der Waals surface area contributed by atoms with Gasteiger partial charge >= 0.3 is 0 Å². The van der Waals surface area contributed by atoms with Crippen LogP contribution in [0.25, 0.3) is 0 Å². The van der Waals surface area contributed by atoms with Gasteiger partial charge in [0.2, 0.25) is 0 Å². The molecule has 0 bridgehead atoms. The van der Waals surface area contributed by atoms with Gasteiger partial charge in [-0.1, -0.05) is 62.4 Å². The highest BCUT2D eigenvalue weighted by molar-refractivity contribution is 5.72. The highest BCUT2D eigenvalue weighted by Crippen LogP contribution is 2.36. The molecular weight excluding hydrogens is 308 g/mol. The highest BCUT2D eigenvalue weighted by atomic mass is 16.6. The first-order chi connectivity index (χ1) is 12.0.